The number of nitrogens with zero attached hydrogens (tertiary/aromatic N) is 2. The van der Waals surface area contributed by atoms with E-state index in [1.165, 1.54) is 0 Å². The molecule has 0 bridgehead atoms. The largest absolute Gasteiger partial charge is 0.333 e. The Morgan fingerprint density at radius 1 is 1.40 bits per heavy atom. The Hall–Kier alpha value is -0.830. The second-order valence-corrected chi connectivity index (χ2v) is 5.38. The van der Waals surface area contributed by atoms with Gasteiger partial charge in [-0.15, -0.1) is 0 Å². The highest BCUT2D eigenvalue weighted by Crippen LogP contribution is 2.29. The van der Waals surface area contributed by atoms with Crippen molar-refractivity contribution in [3.05, 3.63) is 18.2 Å². The van der Waals surface area contributed by atoms with Gasteiger partial charge in [0, 0.05) is 18.8 Å². The molecular formula is C12H23N3. The monoisotopic (exact) mass is 209 g/mol. The van der Waals surface area contributed by atoms with Crippen molar-refractivity contribution in [2.24, 2.45) is 17.1 Å². The SMILES string of the molecule is CC(C)C(C)(C)Cn1cncc1[C@@H](C)N. The van der Waals surface area contributed by atoms with Crippen molar-refractivity contribution in [1.82, 2.24) is 9.55 Å². The first-order chi connectivity index (χ1) is 6.84. The van der Waals surface area contributed by atoms with Gasteiger partial charge in [-0.05, 0) is 18.3 Å². The quantitative estimate of drug-likeness (QED) is 0.828. The smallest absolute Gasteiger partial charge is 0.0948 e. The van der Waals surface area contributed by atoms with Crippen LogP contribution in [0.2, 0.25) is 0 Å². The molecule has 86 valence electrons. The van der Waals surface area contributed by atoms with Crippen LogP contribution in [0.25, 0.3) is 0 Å². The lowest BCUT2D eigenvalue weighted by Gasteiger charge is -2.30. The highest BCUT2D eigenvalue weighted by atomic mass is 15.1. The molecule has 0 saturated heterocycles. The van der Waals surface area contributed by atoms with Crippen molar-refractivity contribution in [1.29, 1.82) is 0 Å². The van der Waals surface area contributed by atoms with Crippen LogP contribution < -0.4 is 5.73 Å². The second-order valence-electron chi connectivity index (χ2n) is 5.38. The number of nitrogens with two attached hydrogens (primary N) is 1. The highest BCUT2D eigenvalue weighted by molar-refractivity contribution is 5.03. The maximum absolute atomic E-state index is 5.89. The van der Waals surface area contributed by atoms with E-state index < -0.39 is 0 Å². The van der Waals surface area contributed by atoms with Crippen molar-refractivity contribution >= 4 is 0 Å². The van der Waals surface area contributed by atoms with Gasteiger partial charge in [-0.1, -0.05) is 27.7 Å². The van der Waals surface area contributed by atoms with Crippen molar-refractivity contribution < 1.29 is 0 Å². The van der Waals surface area contributed by atoms with Gasteiger partial charge in [0.1, 0.15) is 0 Å². The van der Waals surface area contributed by atoms with Gasteiger partial charge >= 0.3 is 0 Å². The van der Waals surface area contributed by atoms with E-state index in [1.807, 2.05) is 19.4 Å². The zero-order valence-electron chi connectivity index (χ0n) is 10.5. The number of hydrogen-bond donors (Lipinski definition) is 1. The van der Waals surface area contributed by atoms with Crippen LogP contribution in [0.5, 0.6) is 0 Å². The van der Waals surface area contributed by atoms with E-state index in [9.17, 15) is 0 Å². The summed E-state index contributed by atoms with van der Waals surface area (Å²) in [6.07, 6.45) is 3.74. The Morgan fingerprint density at radius 3 is 2.47 bits per heavy atom. The van der Waals surface area contributed by atoms with Gasteiger partial charge in [0.2, 0.25) is 0 Å². The van der Waals surface area contributed by atoms with Crippen molar-refractivity contribution in [3.63, 3.8) is 0 Å². The Kier molecular flexibility index (Phi) is 3.55. The summed E-state index contributed by atoms with van der Waals surface area (Å²) >= 11 is 0. The fourth-order valence-electron chi connectivity index (χ4n) is 1.46. The van der Waals surface area contributed by atoms with Gasteiger partial charge in [0.15, 0.2) is 0 Å². The first kappa shape index (κ1) is 12.2. The first-order valence-electron chi connectivity index (χ1n) is 5.60. The minimum absolute atomic E-state index is 0.0514. The average molecular weight is 209 g/mol. The van der Waals surface area contributed by atoms with E-state index in [0.717, 1.165) is 12.2 Å². The molecule has 15 heavy (non-hydrogen) atoms. The van der Waals surface area contributed by atoms with Crippen molar-refractivity contribution in [2.75, 3.05) is 0 Å². The predicted molar refractivity (Wildman–Crippen MR) is 63.4 cm³/mol. The Morgan fingerprint density at radius 2 is 2.00 bits per heavy atom. The van der Waals surface area contributed by atoms with Gasteiger partial charge in [-0.25, -0.2) is 4.98 Å². The number of hydrogen-bond acceptors (Lipinski definition) is 2. The minimum atomic E-state index is 0.0514. The van der Waals surface area contributed by atoms with Crippen LogP contribution in [-0.4, -0.2) is 9.55 Å². The van der Waals surface area contributed by atoms with Gasteiger partial charge in [0.25, 0.3) is 0 Å². The highest BCUT2D eigenvalue weighted by Gasteiger charge is 2.24. The summed E-state index contributed by atoms with van der Waals surface area (Å²) in [4.78, 5) is 4.17. The summed E-state index contributed by atoms with van der Waals surface area (Å²) in [5.74, 6) is 0.640. The summed E-state index contributed by atoms with van der Waals surface area (Å²) in [7, 11) is 0. The molecule has 1 rings (SSSR count). The standard InChI is InChI=1S/C12H23N3/c1-9(2)12(4,5)7-15-8-14-6-11(15)10(3)13/h6,8-10H,7,13H2,1-5H3/t10-/m1/s1. The van der Waals surface area contributed by atoms with E-state index in [2.05, 4.69) is 37.2 Å². The Balaban J connectivity index is 2.85. The molecule has 1 aromatic rings. The zero-order chi connectivity index (χ0) is 11.6. The van der Waals surface area contributed by atoms with Gasteiger partial charge < -0.3 is 10.3 Å². The van der Waals surface area contributed by atoms with Crippen LogP contribution >= 0.6 is 0 Å². The van der Waals surface area contributed by atoms with Gasteiger partial charge in [-0.3, -0.25) is 0 Å². The number of imidazole rings is 1. The molecule has 0 fully saturated rings. The topological polar surface area (TPSA) is 43.8 Å². The predicted octanol–water partition coefficient (Wildman–Crippen LogP) is 2.58. The molecule has 2 N–H and O–H groups in total. The molecule has 3 heteroatoms. The summed E-state index contributed by atoms with van der Waals surface area (Å²) < 4.78 is 2.17. The summed E-state index contributed by atoms with van der Waals surface area (Å²) in [5, 5.41) is 0. The molecule has 0 aliphatic carbocycles. The summed E-state index contributed by atoms with van der Waals surface area (Å²) in [6, 6.07) is 0.0514. The van der Waals surface area contributed by atoms with Crippen LogP contribution in [-0.2, 0) is 6.54 Å². The van der Waals surface area contributed by atoms with Crippen LogP contribution in [0.3, 0.4) is 0 Å². The second kappa shape index (κ2) is 4.35. The molecule has 0 aliphatic rings. The molecule has 0 aliphatic heterocycles. The first-order valence-corrected chi connectivity index (χ1v) is 5.60. The lowest BCUT2D eigenvalue weighted by molar-refractivity contribution is 0.207. The van der Waals surface area contributed by atoms with Crippen LogP contribution in [0.15, 0.2) is 12.5 Å². The third kappa shape index (κ3) is 2.81. The van der Waals surface area contributed by atoms with Crippen molar-refractivity contribution in [2.45, 2.75) is 47.2 Å². The molecule has 1 heterocycles. The fraction of sp³-hybridized carbons (Fsp3) is 0.750. The molecule has 0 radical (unpaired) electrons. The minimum Gasteiger partial charge on any atom is -0.333 e. The normalized spacial score (nSPS) is 14.6. The lowest BCUT2D eigenvalue weighted by Crippen LogP contribution is -2.27. The summed E-state index contributed by atoms with van der Waals surface area (Å²) in [5.41, 5.74) is 7.28. The molecule has 1 aromatic heterocycles. The molecule has 0 amide bonds. The molecular weight excluding hydrogens is 186 g/mol. The van der Waals surface area contributed by atoms with Crippen LogP contribution in [0.4, 0.5) is 0 Å². The van der Waals surface area contributed by atoms with E-state index in [1.54, 1.807) is 0 Å². The van der Waals surface area contributed by atoms with E-state index >= 15 is 0 Å². The average Bonchev–Trinajstić information content (AvgIpc) is 2.51. The molecule has 0 saturated carbocycles. The fourth-order valence-corrected chi connectivity index (χ4v) is 1.46. The van der Waals surface area contributed by atoms with Crippen LogP contribution in [0, 0.1) is 11.3 Å². The van der Waals surface area contributed by atoms with E-state index in [0.29, 0.717) is 5.92 Å². The summed E-state index contributed by atoms with van der Waals surface area (Å²) in [6.45, 7) is 12.0. The zero-order valence-corrected chi connectivity index (χ0v) is 10.5. The Labute approximate surface area is 92.7 Å². The van der Waals surface area contributed by atoms with E-state index in [-0.39, 0.29) is 11.5 Å². The van der Waals surface area contributed by atoms with Crippen molar-refractivity contribution in [3.8, 4) is 0 Å². The Bertz CT molecular complexity index is 310. The molecule has 1 atom stereocenters. The molecule has 3 nitrogen and oxygen atoms in total. The third-order valence-electron chi connectivity index (χ3n) is 3.35. The maximum atomic E-state index is 5.89. The molecule has 0 aromatic carbocycles. The number of rotatable bonds is 4. The van der Waals surface area contributed by atoms with Gasteiger partial charge in [-0.2, -0.15) is 0 Å². The third-order valence-corrected chi connectivity index (χ3v) is 3.35. The molecule has 0 spiro atoms. The van der Waals surface area contributed by atoms with E-state index in [4.69, 9.17) is 5.73 Å². The lowest BCUT2D eigenvalue weighted by atomic mass is 9.81. The maximum Gasteiger partial charge on any atom is 0.0948 e. The number of aromatic nitrogens is 2. The van der Waals surface area contributed by atoms with Gasteiger partial charge in [0.05, 0.1) is 12.0 Å². The molecule has 0 unspecified atom stereocenters. The van der Waals surface area contributed by atoms with Crippen LogP contribution in [0.1, 0.15) is 46.4 Å².